The van der Waals surface area contributed by atoms with Gasteiger partial charge in [0.25, 0.3) is 15.7 Å². The molecule has 0 aliphatic rings. The van der Waals surface area contributed by atoms with Crippen LogP contribution in [0.2, 0.25) is 10.0 Å². The summed E-state index contributed by atoms with van der Waals surface area (Å²) in [4.78, 5) is 38.9. The fraction of sp³-hybridized carbons (Fsp3) is 0.310. The second-order valence-corrected chi connectivity index (χ2v) is 12.7. The Hall–Kier alpha value is -3.87. The molecule has 0 aliphatic heterocycles. The molecule has 1 N–H and O–H groups in total. The number of nitro benzene ring substituents is 1. The Morgan fingerprint density at radius 3 is 2.33 bits per heavy atom. The third-order valence-electron chi connectivity index (χ3n) is 6.55. The average molecular weight is 652 g/mol. The summed E-state index contributed by atoms with van der Waals surface area (Å²) in [5, 5.41) is 14.9. The zero-order valence-corrected chi connectivity index (χ0v) is 26.5. The molecular weight excluding hydrogens is 619 g/mol. The van der Waals surface area contributed by atoms with Gasteiger partial charge in [0, 0.05) is 34.3 Å². The Labute approximate surface area is 260 Å². The number of sulfonamides is 1. The van der Waals surface area contributed by atoms with Crippen LogP contribution in [0.5, 0.6) is 5.75 Å². The largest absolute Gasteiger partial charge is 0.495 e. The van der Waals surface area contributed by atoms with Crippen LogP contribution in [-0.2, 0) is 26.2 Å². The van der Waals surface area contributed by atoms with Gasteiger partial charge in [-0.05, 0) is 63.6 Å². The molecule has 0 unspecified atom stereocenters. The van der Waals surface area contributed by atoms with E-state index in [1.165, 1.54) is 56.2 Å². The lowest BCUT2D eigenvalue weighted by Crippen LogP contribution is -2.52. The quantitative estimate of drug-likeness (QED) is 0.206. The maximum absolute atomic E-state index is 14.2. The van der Waals surface area contributed by atoms with Crippen molar-refractivity contribution in [3.05, 3.63) is 92.0 Å². The number of carbonyl (C=O) groups excluding carboxylic acids is 2. The lowest BCUT2D eigenvalue weighted by Gasteiger charge is -2.32. The molecule has 0 bridgehead atoms. The van der Waals surface area contributed by atoms with E-state index in [0.717, 1.165) is 10.4 Å². The Balaban J connectivity index is 2.18. The number of methoxy groups -OCH3 is 1. The van der Waals surface area contributed by atoms with Gasteiger partial charge in [0.2, 0.25) is 11.8 Å². The van der Waals surface area contributed by atoms with E-state index in [0.29, 0.717) is 10.6 Å². The molecule has 0 aromatic heterocycles. The standard InChI is InChI=1S/C29H32Cl2N4O7S/c1-18(2)32-29(37)20(4)33(16-21-8-6-7-9-24(21)31)28(36)17-34(26-14-22(30)11-13-27(26)42-5)43(40,41)23-12-10-19(3)25(15-23)35(38)39/h6-15,18,20H,16-17H2,1-5H3,(H,32,37)/t20-/m1/s1. The van der Waals surface area contributed by atoms with Gasteiger partial charge in [-0.3, -0.25) is 24.0 Å². The Morgan fingerprint density at radius 2 is 1.72 bits per heavy atom. The van der Waals surface area contributed by atoms with Crippen LogP contribution in [0.4, 0.5) is 11.4 Å². The first-order valence-corrected chi connectivity index (χ1v) is 15.3. The molecular formula is C29H32Cl2N4O7S. The van der Waals surface area contributed by atoms with Crippen LogP contribution >= 0.6 is 23.2 Å². The summed E-state index contributed by atoms with van der Waals surface area (Å²) < 4.78 is 34.5. The normalized spacial score (nSPS) is 12.0. The van der Waals surface area contributed by atoms with Gasteiger partial charge >= 0.3 is 0 Å². The van der Waals surface area contributed by atoms with Crippen molar-refractivity contribution in [1.82, 2.24) is 10.2 Å². The van der Waals surface area contributed by atoms with E-state index in [4.69, 9.17) is 27.9 Å². The number of nitrogens with zero attached hydrogens (tertiary/aromatic N) is 3. The van der Waals surface area contributed by atoms with E-state index in [1.54, 1.807) is 38.1 Å². The first kappa shape index (κ1) is 33.6. The molecule has 43 heavy (non-hydrogen) atoms. The zero-order valence-electron chi connectivity index (χ0n) is 24.2. The molecule has 0 heterocycles. The van der Waals surface area contributed by atoms with Gasteiger partial charge < -0.3 is 15.0 Å². The van der Waals surface area contributed by atoms with Crippen LogP contribution < -0.4 is 14.4 Å². The molecule has 1 atom stereocenters. The number of aryl methyl sites for hydroxylation is 1. The van der Waals surface area contributed by atoms with Crippen molar-refractivity contribution in [3.8, 4) is 5.75 Å². The summed E-state index contributed by atoms with van der Waals surface area (Å²) in [5.41, 5.74) is 0.293. The molecule has 11 nitrogen and oxygen atoms in total. The van der Waals surface area contributed by atoms with Gasteiger partial charge in [0.1, 0.15) is 18.3 Å². The summed E-state index contributed by atoms with van der Waals surface area (Å²) in [6.07, 6.45) is 0. The van der Waals surface area contributed by atoms with Gasteiger partial charge in [0.15, 0.2) is 0 Å². The van der Waals surface area contributed by atoms with E-state index in [9.17, 15) is 28.1 Å². The van der Waals surface area contributed by atoms with Gasteiger partial charge in [-0.25, -0.2) is 8.42 Å². The maximum atomic E-state index is 14.2. The molecule has 2 amide bonds. The molecule has 3 aromatic rings. The van der Waals surface area contributed by atoms with Crippen molar-refractivity contribution < 1.29 is 27.7 Å². The highest BCUT2D eigenvalue weighted by molar-refractivity contribution is 7.92. The third-order valence-corrected chi connectivity index (χ3v) is 8.91. The van der Waals surface area contributed by atoms with Gasteiger partial charge in [-0.15, -0.1) is 0 Å². The van der Waals surface area contributed by atoms with E-state index in [2.05, 4.69) is 5.32 Å². The lowest BCUT2D eigenvalue weighted by atomic mass is 10.1. The molecule has 230 valence electrons. The minimum Gasteiger partial charge on any atom is -0.495 e. The second kappa shape index (κ2) is 14.1. The Bertz CT molecular complexity index is 1630. The highest BCUT2D eigenvalue weighted by Crippen LogP contribution is 2.36. The van der Waals surface area contributed by atoms with E-state index >= 15 is 0 Å². The Morgan fingerprint density at radius 1 is 1.05 bits per heavy atom. The van der Waals surface area contributed by atoms with Crippen LogP contribution in [0.25, 0.3) is 0 Å². The monoisotopic (exact) mass is 650 g/mol. The summed E-state index contributed by atoms with van der Waals surface area (Å²) in [5.74, 6) is -1.14. The lowest BCUT2D eigenvalue weighted by molar-refractivity contribution is -0.385. The van der Waals surface area contributed by atoms with Crippen molar-refractivity contribution in [1.29, 1.82) is 0 Å². The highest BCUT2D eigenvalue weighted by Gasteiger charge is 2.35. The number of carbonyl (C=O) groups is 2. The van der Waals surface area contributed by atoms with E-state index in [1.807, 2.05) is 0 Å². The summed E-state index contributed by atoms with van der Waals surface area (Å²) >= 11 is 12.6. The molecule has 0 spiro atoms. The van der Waals surface area contributed by atoms with Crippen molar-refractivity contribution in [3.63, 3.8) is 0 Å². The average Bonchev–Trinajstić information content (AvgIpc) is 2.94. The topological polar surface area (TPSA) is 139 Å². The fourth-order valence-electron chi connectivity index (χ4n) is 4.24. The SMILES string of the molecule is COc1ccc(Cl)cc1N(CC(=O)N(Cc1ccccc1Cl)[C@H](C)C(=O)NC(C)C)S(=O)(=O)c1ccc(C)c([N+](=O)[O-])c1. The zero-order chi connectivity index (χ0) is 32.1. The van der Waals surface area contributed by atoms with Crippen LogP contribution in [0, 0.1) is 17.0 Å². The van der Waals surface area contributed by atoms with Gasteiger partial charge in [0.05, 0.1) is 22.6 Å². The van der Waals surface area contributed by atoms with Crippen molar-refractivity contribution in [2.24, 2.45) is 0 Å². The molecule has 0 saturated carbocycles. The maximum Gasteiger partial charge on any atom is 0.273 e. The van der Waals surface area contributed by atoms with E-state index in [-0.39, 0.29) is 34.6 Å². The number of ether oxygens (including phenoxy) is 1. The molecule has 0 aliphatic carbocycles. The van der Waals surface area contributed by atoms with Gasteiger partial charge in [-0.1, -0.05) is 47.5 Å². The number of benzene rings is 3. The molecule has 0 fully saturated rings. The number of rotatable bonds is 12. The smallest absolute Gasteiger partial charge is 0.273 e. The van der Waals surface area contributed by atoms with Crippen LogP contribution in [-0.4, -0.2) is 55.8 Å². The summed E-state index contributed by atoms with van der Waals surface area (Å²) in [6, 6.07) is 13.2. The summed E-state index contributed by atoms with van der Waals surface area (Å²) in [7, 11) is -3.32. The van der Waals surface area contributed by atoms with E-state index < -0.39 is 49.9 Å². The van der Waals surface area contributed by atoms with Crippen LogP contribution in [0.3, 0.4) is 0 Å². The fourth-order valence-corrected chi connectivity index (χ4v) is 6.04. The summed E-state index contributed by atoms with van der Waals surface area (Å²) in [6.45, 7) is 5.63. The molecule has 0 saturated heterocycles. The van der Waals surface area contributed by atoms with Crippen molar-refractivity contribution >= 4 is 56.4 Å². The van der Waals surface area contributed by atoms with Gasteiger partial charge in [-0.2, -0.15) is 0 Å². The highest BCUT2D eigenvalue weighted by atomic mass is 35.5. The second-order valence-electron chi connectivity index (χ2n) is 9.99. The molecule has 0 radical (unpaired) electrons. The molecule has 14 heteroatoms. The van der Waals surface area contributed by atoms with Crippen LogP contribution in [0.15, 0.2) is 65.6 Å². The van der Waals surface area contributed by atoms with Crippen LogP contribution in [0.1, 0.15) is 31.9 Å². The number of hydrogen-bond acceptors (Lipinski definition) is 7. The predicted octanol–water partition coefficient (Wildman–Crippen LogP) is 5.36. The number of halogens is 2. The first-order chi connectivity index (χ1) is 20.2. The number of nitrogens with one attached hydrogen (secondary N) is 1. The minimum absolute atomic E-state index is 0.0747. The number of hydrogen-bond donors (Lipinski definition) is 1. The number of amides is 2. The first-order valence-electron chi connectivity index (χ1n) is 13.1. The third kappa shape index (κ3) is 7.95. The Kier molecular flexibility index (Phi) is 11.0. The number of anilines is 1. The predicted molar refractivity (Wildman–Crippen MR) is 165 cm³/mol. The number of nitro groups is 1. The minimum atomic E-state index is -4.63. The molecule has 3 rings (SSSR count). The van der Waals surface area contributed by atoms with Crippen molar-refractivity contribution in [2.45, 2.75) is 51.2 Å². The molecule has 3 aromatic carbocycles. The van der Waals surface area contributed by atoms with Crippen molar-refractivity contribution in [2.75, 3.05) is 18.0 Å².